The Hall–Kier alpha value is -1.26. The van der Waals surface area contributed by atoms with Crippen molar-refractivity contribution < 1.29 is 14.3 Å². The monoisotopic (exact) mass is 310 g/mol. The summed E-state index contributed by atoms with van der Waals surface area (Å²) in [7, 11) is 0. The molecule has 0 radical (unpaired) electrons. The molecule has 2 N–H and O–H groups in total. The Morgan fingerprint density at radius 3 is 2.55 bits per heavy atom. The van der Waals surface area contributed by atoms with Crippen molar-refractivity contribution >= 4 is 12.0 Å². The lowest BCUT2D eigenvalue weighted by molar-refractivity contribution is -0.122. The third-order valence-electron chi connectivity index (χ3n) is 4.68. The van der Waals surface area contributed by atoms with E-state index in [0.29, 0.717) is 19.0 Å². The van der Waals surface area contributed by atoms with Crippen molar-refractivity contribution in [2.45, 2.75) is 77.4 Å². The number of amides is 2. The molecule has 22 heavy (non-hydrogen) atoms. The van der Waals surface area contributed by atoms with E-state index < -0.39 is 11.7 Å². The summed E-state index contributed by atoms with van der Waals surface area (Å²) >= 11 is 0. The Kier molecular flexibility index (Phi) is 5.70. The van der Waals surface area contributed by atoms with Gasteiger partial charge in [-0.15, -0.1) is 0 Å². The van der Waals surface area contributed by atoms with Gasteiger partial charge in [-0.25, -0.2) is 4.79 Å². The number of hydrogen-bond acceptors (Lipinski definition) is 3. The molecule has 3 atom stereocenters. The molecule has 2 fully saturated rings. The first kappa shape index (κ1) is 17.1. The normalized spacial score (nSPS) is 27.9. The van der Waals surface area contributed by atoms with Crippen LogP contribution in [0.15, 0.2) is 0 Å². The second kappa shape index (κ2) is 7.34. The van der Waals surface area contributed by atoms with Gasteiger partial charge in [0.15, 0.2) is 0 Å². The van der Waals surface area contributed by atoms with Crippen LogP contribution in [0.25, 0.3) is 0 Å². The van der Waals surface area contributed by atoms with Gasteiger partial charge in [0.2, 0.25) is 5.91 Å². The summed E-state index contributed by atoms with van der Waals surface area (Å²) in [5.41, 5.74) is -0.508. The van der Waals surface area contributed by atoms with Gasteiger partial charge in [-0.3, -0.25) is 4.79 Å². The number of hydrogen-bond donors (Lipinski definition) is 2. The Balaban J connectivity index is 1.61. The lowest BCUT2D eigenvalue weighted by atomic mass is 9.79. The van der Waals surface area contributed by atoms with E-state index >= 15 is 0 Å². The van der Waals surface area contributed by atoms with Crippen LogP contribution in [-0.4, -0.2) is 30.2 Å². The summed E-state index contributed by atoms with van der Waals surface area (Å²) in [6, 6.07) is 0.327. The van der Waals surface area contributed by atoms with E-state index in [9.17, 15) is 9.59 Å². The van der Waals surface area contributed by atoms with Crippen LogP contribution in [-0.2, 0) is 9.53 Å². The first-order valence-electron chi connectivity index (χ1n) is 8.60. The number of nitrogens with one attached hydrogen (secondary N) is 2. The Morgan fingerprint density at radius 1 is 1.09 bits per heavy atom. The number of alkyl carbamates (subject to hydrolysis) is 1. The van der Waals surface area contributed by atoms with Crippen molar-refractivity contribution in [3.63, 3.8) is 0 Å². The van der Waals surface area contributed by atoms with Gasteiger partial charge >= 0.3 is 6.09 Å². The minimum atomic E-state index is -0.508. The van der Waals surface area contributed by atoms with Crippen LogP contribution >= 0.6 is 0 Å². The van der Waals surface area contributed by atoms with Crippen molar-refractivity contribution in [2.24, 2.45) is 11.8 Å². The van der Waals surface area contributed by atoms with Crippen molar-refractivity contribution in [2.75, 3.05) is 6.54 Å². The number of carbonyl (C=O) groups is 2. The average Bonchev–Trinajstić information content (AvgIpc) is 2.83. The summed E-state index contributed by atoms with van der Waals surface area (Å²) in [4.78, 5) is 23.5. The molecular weight excluding hydrogens is 280 g/mol. The summed E-state index contributed by atoms with van der Waals surface area (Å²) in [6.45, 7) is 5.77. The Morgan fingerprint density at radius 2 is 1.82 bits per heavy atom. The zero-order chi connectivity index (χ0) is 16.2. The molecule has 2 aliphatic rings. The molecular formula is C17H30N2O3. The SMILES string of the molecule is CC(C)(C)OC(=O)NCCC(=O)N[C@@H]1CC[C@@H]2CCC[C@H]2C1. The summed E-state index contributed by atoms with van der Waals surface area (Å²) in [5.74, 6) is 1.75. The van der Waals surface area contributed by atoms with Crippen LogP contribution in [0.1, 0.15) is 65.7 Å². The fourth-order valence-electron chi connectivity index (χ4n) is 3.73. The molecule has 0 aromatic heterocycles. The quantitative estimate of drug-likeness (QED) is 0.839. The van der Waals surface area contributed by atoms with E-state index in [4.69, 9.17) is 4.74 Å². The molecule has 0 bridgehead atoms. The molecule has 0 saturated heterocycles. The van der Waals surface area contributed by atoms with Crippen LogP contribution < -0.4 is 10.6 Å². The molecule has 2 rings (SSSR count). The van der Waals surface area contributed by atoms with Gasteiger partial charge in [0.25, 0.3) is 0 Å². The van der Waals surface area contributed by atoms with E-state index in [0.717, 1.165) is 24.7 Å². The molecule has 0 spiro atoms. The highest BCUT2D eigenvalue weighted by molar-refractivity contribution is 5.77. The first-order chi connectivity index (χ1) is 10.3. The minimum absolute atomic E-state index is 0.0255. The maximum Gasteiger partial charge on any atom is 0.407 e. The van der Waals surface area contributed by atoms with Crippen LogP contribution in [0, 0.1) is 11.8 Å². The summed E-state index contributed by atoms with van der Waals surface area (Å²) in [5, 5.41) is 5.74. The largest absolute Gasteiger partial charge is 0.444 e. The molecule has 0 unspecified atom stereocenters. The highest BCUT2D eigenvalue weighted by atomic mass is 16.6. The predicted molar refractivity (Wildman–Crippen MR) is 85.5 cm³/mol. The highest BCUT2D eigenvalue weighted by Crippen LogP contribution is 2.41. The molecule has 0 aromatic rings. The Labute approximate surface area is 133 Å². The zero-order valence-corrected chi connectivity index (χ0v) is 14.1. The highest BCUT2D eigenvalue weighted by Gasteiger charge is 2.34. The zero-order valence-electron chi connectivity index (χ0n) is 14.1. The third kappa shape index (κ3) is 5.50. The van der Waals surface area contributed by atoms with Gasteiger partial charge in [-0.05, 0) is 51.9 Å². The topological polar surface area (TPSA) is 67.4 Å². The number of ether oxygens (including phenoxy) is 1. The smallest absolute Gasteiger partial charge is 0.407 e. The average molecular weight is 310 g/mol. The summed E-state index contributed by atoms with van der Waals surface area (Å²) < 4.78 is 5.14. The summed E-state index contributed by atoms with van der Waals surface area (Å²) in [6.07, 6.45) is 7.41. The second-order valence-corrected chi connectivity index (χ2v) is 7.71. The molecule has 5 nitrogen and oxygen atoms in total. The van der Waals surface area contributed by atoms with E-state index in [1.807, 2.05) is 20.8 Å². The van der Waals surface area contributed by atoms with E-state index in [2.05, 4.69) is 10.6 Å². The van der Waals surface area contributed by atoms with Crippen molar-refractivity contribution in [3.05, 3.63) is 0 Å². The standard InChI is InChI=1S/C17H30N2O3/c1-17(2,3)22-16(21)18-10-9-15(20)19-14-8-7-12-5-4-6-13(12)11-14/h12-14H,4-11H2,1-3H3,(H,18,21)(H,19,20)/t12-,13-,14+/m0/s1. The molecule has 0 aliphatic heterocycles. The van der Waals surface area contributed by atoms with E-state index in [1.54, 1.807) is 0 Å². The Bertz CT molecular complexity index is 403. The van der Waals surface area contributed by atoms with Gasteiger partial charge in [0.1, 0.15) is 5.60 Å². The molecule has 0 aromatic carbocycles. The molecule has 2 amide bonds. The van der Waals surface area contributed by atoms with Crippen molar-refractivity contribution in [3.8, 4) is 0 Å². The molecule has 126 valence electrons. The van der Waals surface area contributed by atoms with Gasteiger partial charge in [-0.1, -0.05) is 19.3 Å². The lowest BCUT2D eigenvalue weighted by Crippen LogP contribution is -2.41. The van der Waals surface area contributed by atoms with Crippen LogP contribution in [0.2, 0.25) is 0 Å². The van der Waals surface area contributed by atoms with Crippen LogP contribution in [0.3, 0.4) is 0 Å². The number of carbonyl (C=O) groups excluding carboxylic acids is 2. The molecule has 0 heterocycles. The maximum atomic E-state index is 12.0. The van der Waals surface area contributed by atoms with Gasteiger partial charge in [0, 0.05) is 19.0 Å². The van der Waals surface area contributed by atoms with Gasteiger partial charge < -0.3 is 15.4 Å². The van der Waals surface area contributed by atoms with Crippen LogP contribution in [0.5, 0.6) is 0 Å². The number of fused-ring (bicyclic) bond motifs is 1. The first-order valence-corrected chi connectivity index (χ1v) is 8.60. The van der Waals surface area contributed by atoms with E-state index in [1.165, 1.54) is 25.7 Å². The molecule has 2 saturated carbocycles. The maximum absolute atomic E-state index is 12.0. The molecule has 2 aliphatic carbocycles. The second-order valence-electron chi connectivity index (χ2n) is 7.71. The van der Waals surface area contributed by atoms with E-state index in [-0.39, 0.29) is 5.91 Å². The number of rotatable bonds is 4. The lowest BCUT2D eigenvalue weighted by Gasteiger charge is -2.32. The van der Waals surface area contributed by atoms with Crippen molar-refractivity contribution in [1.29, 1.82) is 0 Å². The van der Waals surface area contributed by atoms with Crippen LogP contribution in [0.4, 0.5) is 4.79 Å². The third-order valence-corrected chi connectivity index (χ3v) is 4.68. The minimum Gasteiger partial charge on any atom is -0.444 e. The van der Waals surface area contributed by atoms with Gasteiger partial charge in [0.05, 0.1) is 0 Å². The predicted octanol–water partition coefficient (Wildman–Crippen LogP) is 2.99. The van der Waals surface area contributed by atoms with Crippen molar-refractivity contribution in [1.82, 2.24) is 10.6 Å². The fraction of sp³-hybridized carbons (Fsp3) is 0.882. The fourth-order valence-corrected chi connectivity index (χ4v) is 3.73. The van der Waals surface area contributed by atoms with Gasteiger partial charge in [-0.2, -0.15) is 0 Å². The molecule has 5 heteroatoms.